The maximum absolute atomic E-state index is 12.1. The maximum atomic E-state index is 12.1. The standard InChI is InChI=1S/C21H22ClN3O2/c1-21(2,3)19-13-17(25(24-19)16-11-9-15(22)10-12-16)14-23-20(26)27-18-7-5-4-6-8-18/h4-13H,14H2,1-3H3,(H,23,26). The van der Waals surface area contributed by atoms with Crippen LogP contribution < -0.4 is 10.1 Å². The molecule has 0 unspecified atom stereocenters. The number of hydrogen-bond acceptors (Lipinski definition) is 3. The van der Waals surface area contributed by atoms with Crippen LogP contribution in [0.1, 0.15) is 32.2 Å². The predicted molar refractivity (Wildman–Crippen MR) is 107 cm³/mol. The van der Waals surface area contributed by atoms with Gasteiger partial charge in [0.1, 0.15) is 5.75 Å². The lowest BCUT2D eigenvalue weighted by atomic mass is 9.92. The first kappa shape index (κ1) is 19.0. The molecule has 2 aromatic carbocycles. The Labute approximate surface area is 163 Å². The van der Waals surface area contributed by atoms with Gasteiger partial charge >= 0.3 is 6.09 Å². The minimum atomic E-state index is -0.512. The molecule has 1 amide bonds. The summed E-state index contributed by atoms with van der Waals surface area (Å²) in [5.74, 6) is 0.497. The van der Waals surface area contributed by atoms with Gasteiger partial charge in [0.2, 0.25) is 0 Å². The van der Waals surface area contributed by atoms with Crippen molar-refractivity contribution in [1.82, 2.24) is 15.1 Å². The normalized spacial score (nSPS) is 11.3. The number of aromatic nitrogens is 2. The first-order valence-corrected chi connectivity index (χ1v) is 9.07. The second-order valence-corrected chi connectivity index (χ2v) is 7.65. The van der Waals surface area contributed by atoms with Gasteiger partial charge in [0.05, 0.1) is 23.6 Å². The van der Waals surface area contributed by atoms with Crippen LogP contribution in [0.15, 0.2) is 60.7 Å². The number of halogens is 1. The fourth-order valence-corrected chi connectivity index (χ4v) is 2.64. The SMILES string of the molecule is CC(C)(C)c1cc(CNC(=O)Oc2ccccc2)n(-c2ccc(Cl)cc2)n1. The highest BCUT2D eigenvalue weighted by atomic mass is 35.5. The van der Waals surface area contributed by atoms with Gasteiger partial charge in [-0.2, -0.15) is 5.10 Å². The lowest BCUT2D eigenvalue weighted by molar-refractivity contribution is 0.199. The third-order valence-corrected chi connectivity index (χ3v) is 4.24. The van der Waals surface area contributed by atoms with Crippen molar-refractivity contribution < 1.29 is 9.53 Å². The van der Waals surface area contributed by atoms with Crippen LogP contribution in [0.5, 0.6) is 5.75 Å². The molecule has 3 aromatic rings. The summed E-state index contributed by atoms with van der Waals surface area (Å²) in [6, 6.07) is 18.4. The first-order valence-electron chi connectivity index (χ1n) is 8.69. The average molecular weight is 384 g/mol. The van der Waals surface area contributed by atoms with E-state index in [1.165, 1.54) is 0 Å². The zero-order valence-electron chi connectivity index (χ0n) is 15.6. The van der Waals surface area contributed by atoms with E-state index in [9.17, 15) is 4.79 Å². The van der Waals surface area contributed by atoms with Gasteiger partial charge in [-0.25, -0.2) is 9.48 Å². The van der Waals surface area contributed by atoms with Crippen molar-refractivity contribution in [3.05, 3.63) is 77.1 Å². The van der Waals surface area contributed by atoms with E-state index in [1.54, 1.807) is 12.1 Å². The second-order valence-electron chi connectivity index (χ2n) is 7.22. The Morgan fingerprint density at radius 2 is 1.78 bits per heavy atom. The van der Waals surface area contributed by atoms with Crippen molar-refractivity contribution in [3.63, 3.8) is 0 Å². The van der Waals surface area contributed by atoms with E-state index in [4.69, 9.17) is 21.4 Å². The fourth-order valence-electron chi connectivity index (χ4n) is 2.51. The lowest BCUT2D eigenvalue weighted by Gasteiger charge is -2.14. The molecule has 0 fully saturated rings. The van der Waals surface area contributed by atoms with Crippen molar-refractivity contribution in [2.75, 3.05) is 0 Å². The van der Waals surface area contributed by atoms with E-state index in [0.29, 0.717) is 10.8 Å². The molecule has 0 aliphatic heterocycles. The minimum Gasteiger partial charge on any atom is -0.410 e. The van der Waals surface area contributed by atoms with Gasteiger partial charge in [-0.05, 0) is 42.5 Å². The van der Waals surface area contributed by atoms with Crippen molar-refractivity contribution in [2.24, 2.45) is 0 Å². The molecule has 0 aliphatic rings. The summed E-state index contributed by atoms with van der Waals surface area (Å²) in [6.45, 7) is 6.59. The Bertz CT molecular complexity index is 913. The van der Waals surface area contributed by atoms with Gasteiger partial charge in [0.25, 0.3) is 0 Å². The van der Waals surface area contributed by atoms with Crippen molar-refractivity contribution in [3.8, 4) is 11.4 Å². The summed E-state index contributed by atoms with van der Waals surface area (Å²) in [5, 5.41) is 8.17. The van der Waals surface area contributed by atoms with E-state index < -0.39 is 6.09 Å². The Balaban J connectivity index is 1.80. The molecule has 3 rings (SSSR count). The number of amides is 1. The molecule has 0 atom stereocenters. The fraction of sp³-hybridized carbons (Fsp3) is 0.238. The highest BCUT2D eigenvalue weighted by Crippen LogP contribution is 2.24. The molecule has 0 saturated heterocycles. The third-order valence-electron chi connectivity index (χ3n) is 3.99. The molecule has 6 heteroatoms. The zero-order chi connectivity index (χ0) is 19.4. The predicted octanol–water partition coefficient (Wildman–Crippen LogP) is 5.11. The van der Waals surface area contributed by atoms with Gasteiger partial charge in [-0.3, -0.25) is 0 Å². The molecule has 0 radical (unpaired) electrons. The van der Waals surface area contributed by atoms with Crippen LogP contribution in [0.4, 0.5) is 4.79 Å². The van der Waals surface area contributed by atoms with Crippen LogP contribution in [0.3, 0.4) is 0 Å². The maximum Gasteiger partial charge on any atom is 0.412 e. The molecular weight excluding hydrogens is 362 g/mol. The molecule has 1 N–H and O–H groups in total. The van der Waals surface area contributed by atoms with Gasteiger partial charge in [0, 0.05) is 10.4 Å². The number of hydrogen-bond donors (Lipinski definition) is 1. The Morgan fingerprint density at radius 3 is 2.41 bits per heavy atom. The average Bonchev–Trinajstić information content (AvgIpc) is 3.06. The Kier molecular flexibility index (Phi) is 5.51. The number of carbonyl (C=O) groups excluding carboxylic acids is 1. The summed E-state index contributed by atoms with van der Waals surface area (Å²) in [7, 11) is 0. The number of nitrogens with one attached hydrogen (secondary N) is 1. The number of carbonyl (C=O) groups is 1. The smallest absolute Gasteiger partial charge is 0.410 e. The second kappa shape index (κ2) is 7.84. The van der Waals surface area contributed by atoms with E-state index >= 15 is 0 Å². The van der Waals surface area contributed by atoms with Crippen LogP contribution in [0, 0.1) is 0 Å². The topological polar surface area (TPSA) is 56.1 Å². The highest BCUT2D eigenvalue weighted by molar-refractivity contribution is 6.30. The van der Waals surface area contributed by atoms with E-state index in [2.05, 4.69) is 26.1 Å². The molecule has 1 aromatic heterocycles. The van der Waals surface area contributed by atoms with Crippen LogP contribution in [-0.2, 0) is 12.0 Å². The monoisotopic (exact) mass is 383 g/mol. The number of benzene rings is 2. The van der Waals surface area contributed by atoms with Crippen molar-refractivity contribution >= 4 is 17.7 Å². The first-order chi connectivity index (χ1) is 12.8. The molecule has 0 spiro atoms. The van der Waals surface area contributed by atoms with Gasteiger partial charge < -0.3 is 10.1 Å². The Morgan fingerprint density at radius 1 is 1.11 bits per heavy atom. The van der Waals surface area contributed by atoms with Crippen LogP contribution in [0.25, 0.3) is 5.69 Å². The number of rotatable bonds is 4. The molecule has 0 saturated carbocycles. The number of nitrogens with zero attached hydrogens (tertiary/aromatic N) is 2. The lowest BCUT2D eigenvalue weighted by Crippen LogP contribution is -2.27. The summed E-state index contributed by atoms with van der Waals surface area (Å²) in [4.78, 5) is 12.1. The van der Waals surface area contributed by atoms with E-state index in [1.807, 2.05) is 53.2 Å². The van der Waals surface area contributed by atoms with Crippen LogP contribution >= 0.6 is 11.6 Å². The van der Waals surface area contributed by atoms with E-state index in [-0.39, 0.29) is 12.0 Å². The summed E-state index contributed by atoms with van der Waals surface area (Å²) in [5.41, 5.74) is 2.55. The van der Waals surface area contributed by atoms with Gasteiger partial charge in [-0.15, -0.1) is 0 Å². The number of para-hydroxylation sites is 1. The van der Waals surface area contributed by atoms with Crippen molar-refractivity contribution in [2.45, 2.75) is 32.7 Å². The minimum absolute atomic E-state index is 0.114. The highest BCUT2D eigenvalue weighted by Gasteiger charge is 2.21. The quantitative estimate of drug-likeness (QED) is 0.680. The summed E-state index contributed by atoms with van der Waals surface area (Å²) in [6.07, 6.45) is -0.512. The molecule has 0 aliphatic carbocycles. The summed E-state index contributed by atoms with van der Waals surface area (Å²) >= 11 is 5.99. The molecular formula is C21H22ClN3O2. The number of ether oxygens (including phenoxy) is 1. The molecule has 1 heterocycles. The zero-order valence-corrected chi connectivity index (χ0v) is 16.3. The van der Waals surface area contributed by atoms with E-state index in [0.717, 1.165) is 17.1 Å². The third kappa shape index (κ3) is 4.89. The largest absolute Gasteiger partial charge is 0.412 e. The van der Waals surface area contributed by atoms with Gasteiger partial charge in [0.15, 0.2) is 0 Å². The van der Waals surface area contributed by atoms with Crippen LogP contribution in [0.2, 0.25) is 5.02 Å². The van der Waals surface area contributed by atoms with Gasteiger partial charge in [-0.1, -0.05) is 50.6 Å². The molecule has 27 heavy (non-hydrogen) atoms. The summed E-state index contributed by atoms with van der Waals surface area (Å²) < 4.78 is 7.09. The van der Waals surface area contributed by atoms with Crippen molar-refractivity contribution in [1.29, 1.82) is 0 Å². The molecule has 140 valence electrons. The Hall–Kier alpha value is -2.79. The molecule has 0 bridgehead atoms. The van der Waals surface area contributed by atoms with Crippen LogP contribution in [-0.4, -0.2) is 15.9 Å². The molecule has 5 nitrogen and oxygen atoms in total.